The SMILES string of the molecule is Fc1c(Cl)[c]c(Cl)cc1C(F)(C(F)(F)F)C(F)(F)F. The summed E-state index contributed by atoms with van der Waals surface area (Å²) in [7, 11) is 0. The van der Waals surface area contributed by atoms with Crippen LogP contribution in [0.1, 0.15) is 5.56 Å². The van der Waals surface area contributed by atoms with Crippen molar-refractivity contribution < 1.29 is 35.1 Å². The molecule has 0 aliphatic rings. The first-order chi connectivity index (χ1) is 8.32. The summed E-state index contributed by atoms with van der Waals surface area (Å²) >= 11 is 10.1. The summed E-state index contributed by atoms with van der Waals surface area (Å²) in [6, 6.07) is 1.55. The highest BCUT2D eigenvalue weighted by atomic mass is 35.5. The Morgan fingerprint density at radius 3 is 1.68 bits per heavy atom. The molecule has 0 fully saturated rings. The molecule has 0 bridgehead atoms. The van der Waals surface area contributed by atoms with Crippen LogP contribution in [0.25, 0.3) is 0 Å². The van der Waals surface area contributed by atoms with Gasteiger partial charge in [0.2, 0.25) is 0 Å². The molecule has 1 radical (unpaired) electrons. The Kier molecular flexibility index (Phi) is 4.00. The number of rotatable bonds is 1. The van der Waals surface area contributed by atoms with Gasteiger partial charge in [-0.2, -0.15) is 26.3 Å². The summed E-state index contributed by atoms with van der Waals surface area (Å²) in [5, 5.41) is -2.17. The van der Waals surface area contributed by atoms with Crippen molar-refractivity contribution >= 4 is 23.2 Å². The molecular weight excluding hydrogens is 331 g/mol. The van der Waals surface area contributed by atoms with Gasteiger partial charge in [-0.1, -0.05) is 23.2 Å². The maximum absolute atomic E-state index is 13.5. The maximum atomic E-state index is 13.5. The number of alkyl halides is 7. The van der Waals surface area contributed by atoms with E-state index in [9.17, 15) is 35.1 Å². The molecule has 0 N–H and O–H groups in total. The molecule has 0 spiro atoms. The molecule has 0 aliphatic heterocycles. The smallest absolute Gasteiger partial charge is 0.218 e. The van der Waals surface area contributed by atoms with E-state index >= 15 is 0 Å². The van der Waals surface area contributed by atoms with E-state index in [1.165, 1.54) is 0 Å². The molecule has 0 saturated heterocycles. The van der Waals surface area contributed by atoms with Crippen LogP contribution in [-0.4, -0.2) is 12.4 Å². The Morgan fingerprint density at radius 1 is 0.895 bits per heavy atom. The van der Waals surface area contributed by atoms with Crippen molar-refractivity contribution in [2.24, 2.45) is 0 Å². The number of halogens is 10. The molecule has 107 valence electrons. The zero-order valence-electron chi connectivity index (χ0n) is 8.36. The monoisotopic (exact) mass is 331 g/mol. The van der Waals surface area contributed by atoms with Crippen molar-refractivity contribution in [3.8, 4) is 0 Å². The number of hydrogen-bond donors (Lipinski definition) is 0. The Balaban J connectivity index is 3.71. The fourth-order valence-electron chi connectivity index (χ4n) is 1.22. The van der Waals surface area contributed by atoms with Gasteiger partial charge in [-0.3, -0.25) is 0 Å². The molecule has 1 aromatic carbocycles. The highest BCUT2D eigenvalue weighted by Crippen LogP contribution is 2.54. The molecule has 1 rings (SSSR count). The molecule has 0 unspecified atom stereocenters. The van der Waals surface area contributed by atoms with Gasteiger partial charge in [0.25, 0.3) is 0 Å². The first-order valence-corrected chi connectivity index (χ1v) is 4.97. The van der Waals surface area contributed by atoms with Crippen molar-refractivity contribution in [3.05, 3.63) is 33.6 Å². The van der Waals surface area contributed by atoms with Crippen LogP contribution in [0.5, 0.6) is 0 Å². The second-order valence-corrected chi connectivity index (χ2v) is 4.10. The summed E-state index contributed by atoms with van der Waals surface area (Å²) in [6.45, 7) is 0. The molecule has 0 atom stereocenters. The van der Waals surface area contributed by atoms with Crippen LogP contribution in [0.2, 0.25) is 10.0 Å². The molecule has 0 nitrogen and oxygen atoms in total. The third-order valence-electron chi connectivity index (χ3n) is 2.08. The van der Waals surface area contributed by atoms with Crippen molar-refractivity contribution in [2.75, 3.05) is 0 Å². The summed E-state index contributed by atoms with van der Waals surface area (Å²) in [4.78, 5) is 0. The van der Waals surface area contributed by atoms with Gasteiger partial charge in [0, 0.05) is 11.6 Å². The van der Waals surface area contributed by atoms with E-state index in [2.05, 4.69) is 0 Å². The summed E-state index contributed by atoms with van der Waals surface area (Å²) in [5.74, 6) is -2.23. The van der Waals surface area contributed by atoms with Gasteiger partial charge < -0.3 is 0 Å². The van der Waals surface area contributed by atoms with Crippen LogP contribution >= 0.6 is 23.2 Å². The Bertz CT molecular complexity index is 476. The lowest BCUT2D eigenvalue weighted by atomic mass is 9.93. The van der Waals surface area contributed by atoms with Crippen LogP contribution < -0.4 is 0 Å². The second-order valence-electron chi connectivity index (χ2n) is 3.31. The van der Waals surface area contributed by atoms with Gasteiger partial charge in [-0.05, 0) is 6.07 Å². The Labute approximate surface area is 110 Å². The van der Waals surface area contributed by atoms with Crippen LogP contribution in [-0.2, 0) is 5.67 Å². The van der Waals surface area contributed by atoms with Crippen LogP contribution in [0.15, 0.2) is 6.07 Å². The lowest BCUT2D eigenvalue weighted by molar-refractivity contribution is -0.349. The largest absolute Gasteiger partial charge is 0.436 e. The molecule has 10 heteroatoms. The van der Waals surface area contributed by atoms with E-state index in [0.29, 0.717) is 0 Å². The normalized spacial score (nSPS) is 13.8. The molecule has 0 aromatic heterocycles. The summed E-state index contributed by atoms with van der Waals surface area (Å²) in [5.41, 5.74) is -8.28. The van der Waals surface area contributed by atoms with E-state index in [4.69, 9.17) is 23.2 Å². The molecule has 0 aliphatic carbocycles. The minimum atomic E-state index is -6.44. The van der Waals surface area contributed by atoms with Crippen molar-refractivity contribution in [1.29, 1.82) is 0 Å². The highest BCUT2D eigenvalue weighted by molar-refractivity contribution is 6.34. The van der Waals surface area contributed by atoms with Gasteiger partial charge in [-0.15, -0.1) is 0 Å². The van der Waals surface area contributed by atoms with Gasteiger partial charge >= 0.3 is 18.0 Å². The quantitative estimate of drug-likeness (QED) is 0.488. The lowest BCUT2D eigenvalue weighted by Gasteiger charge is -2.30. The average molecular weight is 332 g/mol. The van der Waals surface area contributed by atoms with E-state index in [1.54, 1.807) is 6.07 Å². The fourth-order valence-corrected chi connectivity index (χ4v) is 1.68. The van der Waals surface area contributed by atoms with Crippen LogP contribution in [0.4, 0.5) is 35.1 Å². The predicted octanol–water partition coefficient (Wildman–Crippen LogP) is 5.22. The van der Waals surface area contributed by atoms with E-state index in [-0.39, 0.29) is 6.07 Å². The first-order valence-electron chi connectivity index (χ1n) is 4.22. The van der Waals surface area contributed by atoms with Gasteiger partial charge in [0.05, 0.1) is 10.0 Å². The molecule has 0 amide bonds. The Hall–Kier alpha value is -0.760. The second kappa shape index (κ2) is 4.66. The molecule has 0 saturated carbocycles. The predicted molar refractivity (Wildman–Crippen MR) is 50.2 cm³/mol. The first kappa shape index (κ1) is 16.3. The summed E-state index contributed by atoms with van der Waals surface area (Å²) in [6.07, 6.45) is -12.9. The molecular formula is C9HCl2F8. The lowest BCUT2D eigenvalue weighted by Crippen LogP contribution is -2.51. The van der Waals surface area contributed by atoms with Gasteiger partial charge in [-0.25, -0.2) is 8.78 Å². The fraction of sp³-hybridized carbons (Fsp3) is 0.333. The number of hydrogen-bond acceptors (Lipinski definition) is 0. The zero-order chi connectivity index (χ0) is 15.2. The third kappa shape index (κ3) is 2.60. The van der Waals surface area contributed by atoms with Gasteiger partial charge in [0.15, 0.2) is 0 Å². The topological polar surface area (TPSA) is 0 Å². The van der Waals surface area contributed by atoms with Crippen molar-refractivity contribution in [3.63, 3.8) is 0 Å². The Morgan fingerprint density at radius 2 is 1.32 bits per heavy atom. The molecule has 0 heterocycles. The standard InChI is InChI=1S/C9HCl2F8/c10-3-1-4(6(12)5(11)2-3)7(13,8(14,15)16)9(17,18)19/h1H. The molecule has 19 heavy (non-hydrogen) atoms. The minimum absolute atomic E-state index is 0.163. The van der Waals surface area contributed by atoms with Gasteiger partial charge in [0.1, 0.15) is 5.82 Å². The number of benzene rings is 1. The average Bonchev–Trinajstić information content (AvgIpc) is 2.18. The highest BCUT2D eigenvalue weighted by Gasteiger charge is 2.74. The van der Waals surface area contributed by atoms with E-state index < -0.39 is 39.4 Å². The van der Waals surface area contributed by atoms with Crippen molar-refractivity contribution in [1.82, 2.24) is 0 Å². The minimum Gasteiger partial charge on any atom is -0.218 e. The van der Waals surface area contributed by atoms with E-state index in [1.807, 2.05) is 0 Å². The third-order valence-corrected chi connectivity index (χ3v) is 2.55. The maximum Gasteiger partial charge on any atom is 0.436 e. The summed E-state index contributed by atoms with van der Waals surface area (Å²) < 4.78 is 101. The molecule has 1 aromatic rings. The van der Waals surface area contributed by atoms with Crippen LogP contribution in [0, 0.1) is 11.9 Å². The van der Waals surface area contributed by atoms with Crippen molar-refractivity contribution in [2.45, 2.75) is 18.0 Å². The van der Waals surface area contributed by atoms with Crippen LogP contribution in [0.3, 0.4) is 0 Å². The van der Waals surface area contributed by atoms with E-state index in [0.717, 1.165) is 0 Å². The zero-order valence-corrected chi connectivity index (χ0v) is 9.87.